The molecule has 154 valence electrons. The number of carbonyl (C=O) groups is 1. The van der Waals surface area contributed by atoms with Crippen LogP contribution in [0.4, 0.5) is 5.69 Å². The summed E-state index contributed by atoms with van der Waals surface area (Å²) in [7, 11) is 1.69. The van der Waals surface area contributed by atoms with Crippen LogP contribution in [0.25, 0.3) is 11.1 Å². The van der Waals surface area contributed by atoms with Gasteiger partial charge in [0.05, 0.1) is 7.11 Å². The highest BCUT2D eigenvalue weighted by Gasteiger charge is 2.18. The molecule has 4 heteroatoms. The highest BCUT2D eigenvalue weighted by Crippen LogP contribution is 2.21. The Kier molecular flexibility index (Phi) is 6.45. The molecule has 1 saturated heterocycles. The Morgan fingerprint density at radius 3 is 2.07 bits per heavy atom. The summed E-state index contributed by atoms with van der Waals surface area (Å²) in [6, 6.07) is 26.4. The Labute approximate surface area is 178 Å². The summed E-state index contributed by atoms with van der Waals surface area (Å²) in [5.74, 6) is 1.10. The number of hydrogen-bond acceptors (Lipinski definition) is 4. The van der Waals surface area contributed by atoms with E-state index in [1.807, 2.05) is 54.6 Å². The molecule has 0 aliphatic carbocycles. The highest BCUT2D eigenvalue weighted by atomic mass is 16.5. The van der Waals surface area contributed by atoms with Crippen molar-refractivity contribution < 1.29 is 9.53 Å². The molecule has 0 unspecified atom stereocenters. The third-order valence-corrected chi connectivity index (χ3v) is 5.78. The molecule has 0 bridgehead atoms. The number of methoxy groups -OCH3 is 1. The monoisotopic (exact) mass is 400 g/mol. The molecular formula is C26H28N2O2. The van der Waals surface area contributed by atoms with E-state index < -0.39 is 0 Å². The lowest BCUT2D eigenvalue weighted by molar-refractivity contribution is 0.0962. The second kappa shape index (κ2) is 9.59. The molecule has 30 heavy (non-hydrogen) atoms. The number of carbonyl (C=O) groups excluding carboxylic acids is 1. The number of rotatable bonds is 7. The first kappa shape index (κ1) is 20.2. The normalized spacial score (nSPS) is 14.5. The maximum atomic E-state index is 12.6. The van der Waals surface area contributed by atoms with E-state index >= 15 is 0 Å². The third kappa shape index (κ3) is 4.89. The van der Waals surface area contributed by atoms with Crippen molar-refractivity contribution in [3.8, 4) is 16.9 Å². The lowest BCUT2D eigenvalue weighted by atomic mass is 10.0. The largest absolute Gasteiger partial charge is 0.497 e. The molecule has 0 saturated carbocycles. The van der Waals surface area contributed by atoms with Crippen molar-refractivity contribution in [3.63, 3.8) is 0 Å². The van der Waals surface area contributed by atoms with Gasteiger partial charge in [-0.2, -0.15) is 0 Å². The molecule has 4 rings (SSSR count). The maximum Gasteiger partial charge on any atom is 0.164 e. The highest BCUT2D eigenvalue weighted by molar-refractivity contribution is 5.96. The quantitative estimate of drug-likeness (QED) is 0.536. The molecule has 1 fully saturated rings. The average Bonchev–Trinajstić information content (AvgIpc) is 2.83. The smallest absolute Gasteiger partial charge is 0.164 e. The number of ketones is 1. The van der Waals surface area contributed by atoms with Crippen molar-refractivity contribution in [2.24, 2.45) is 0 Å². The van der Waals surface area contributed by atoms with Crippen LogP contribution in [0.2, 0.25) is 0 Å². The molecule has 0 amide bonds. The van der Waals surface area contributed by atoms with Crippen LogP contribution < -0.4 is 9.64 Å². The zero-order chi connectivity index (χ0) is 20.8. The number of nitrogens with zero attached hydrogens (tertiary/aromatic N) is 2. The van der Waals surface area contributed by atoms with E-state index in [4.69, 9.17) is 4.74 Å². The topological polar surface area (TPSA) is 32.8 Å². The van der Waals surface area contributed by atoms with Gasteiger partial charge in [-0.3, -0.25) is 9.69 Å². The van der Waals surface area contributed by atoms with E-state index in [0.29, 0.717) is 6.42 Å². The minimum Gasteiger partial charge on any atom is -0.497 e. The van der Waals surface area contributed by atoms with Crippen LogP contribution in [0.5, 0.6) is 5.75 Å². The number of hydrogen-bond donors (Lipinski definition) is 0. The van der Waals surface area contributed by atoms with Gasteiger partial charge in [-0.15, -0.1) is 0 Å². The van der Waals surface area contributed by atoms with E-state index in [1.165, 1.54) is 11.3 Å². The van der Waals surface area contributed by atoms with Crippen molar-refractivity contribution in [2.75, 3.05) is 44.7 Å². The molecule has 1 heterocycles. The predicted molar refractivity (Wildman–Crippen MR) is 122 cm³/mol. The van der Waals surface area contributed by atoms with E-state index in [0.717, 1.165) is 49.6 Å². The van der Waals surface area contributed by atoms with Gasteiger partial charge in [0.25, 0.3) is 0 Å². The first-order chi connectivity index (χ1) is 14.7. The van der Waals surface area contributed by atoms with Gasteiger partial charge in [0.1, 0.15) is 5.75 Å². The second-order valence-electron chi connectivity index (χ2n) is 7.64. The minimum atomic E-state index is 0.215. The van der Waals surface area contributed by atoms with Gasteiger partial charge < -0.3 is 9.64 Å². The SMILES string of the molecule is COc1ccc(N2CCN(CCC(=O)c3ccc(-c4ccccc4)cc3)CC2)cc1. The van der Waals surface area contributed by atoms with Crippen LogP contribution in [0.15, 0.2) is 78.9 Å². The number of benzene rings is 3. The zero-order valence-electron chi connectivity index (χ0n) is 17.5. The second-order valence-corrected chi connectivity index (χ2v) is 7.64. The van der Waals surface area contributed by atoms with Crippen LogP contribution >= 0.6 is 0 Å². The summed E-state index contributed by atoms with van der Waals surface area (Å²) in [5, 5.41) is 0. The summed E-state index contributed by atoms with van der Waals surface area (Å²) < 4.78 is 5.23. The Hall–Kier alpha value is -3.11. The van der Waals surface area contributed by atoms with Gasteiger partial charge in [0.15, 0.2) is 5.78 Å². The van der Waals surface area contributed by atoms with Gasteiger partial charge in [0, 0.05) is 50.4 Å². The summed E-state index contributed by atoms with van der Waals surface area (Å²) in [4.78, 5) is 17.4. The minimum absolute atomic E-state index is 0.215. The molecule has 4 nitrogen and oxygen atoms in total. The summed E-state index contributed by atoms with van der Waals surface area (Å²) >= 11 is 0. The molecular weight excluding hydrogens is 372 g/mol. The predicted octanol–water partition coefficient (Wildman–Crippen LogP) is 4.76. The van der Waals surface area contributed by atoms with Crippen molar-refractivity contribution in [2.45, 2.75) is 6.42 Å². The molecule has 3 aromatic rings. The van der Waals surface area contributed by atoms with E-state index in [9.17, 15) is 4.79 Å². The van der Waals surface area contributed by atoms with E-state index in [1.54, 1.807) is 7.11 Å². The Morgan fingerprint density at radius 1 is 0.800 bits per heavy atom. The van der Waals surface area contributed by atoms with Crippen molar-refractivity contribution in [1.29, 1.82) is 0 Å². The van der Waals surface area contributed by atoms with Gasteiger partial charge in [0.2, 0.25) is 0 Å². The maximum absolute atomic E-state index is 12.6. The Balaban J connectivity index is 1.25. The van der Waals surface area contributed by atoms with Gasteiger partial charge in [-0.25, -0.2) is 0 Å². The Bertz CT molecular complexity index is 945. The van der Waals surface area contributed by atoms with Crippen molar-refractivity contribution in [3.05, 3.63) is 84.4 Å². The standard InChI is InChI=1S/C26H28N2O2/c1-30-25-13-11-24(12-14-25)28-19-17-27(18-20-28)16-15-26(29)23-9-7-22(8-10-23)21-5-3-2-4-6-21/h2-14H,15-20H2,1H3. The van der Waals surface area contributed by atoms with Crippen LogP contribution in [0, 0.1) is 0 Å². The molecule has 0 atom stereocenters. The average molecular weight is 401 g/mol. The van der Waals surface area contributed by atoms with Gasteiger partial charge in [-0.05, 0) is 35.4 Å². The van der Waals surface area contributed by atoms with Gasteiger partial charge in [-0.1, -0.05) is 54.6 Å². The van der Waals surface area contributed by atoms with Crippen LogP contribution in [0.3, 0.4) is 0 Å². The molecule has 0 radical (unpaired) electrons. The van der Waals surface area contributed by atoms with Crippen LogP contribution in [-0.4, -0.2) is 50.5 Å². The number of ether oxygens (including phenoxy) is 1. The van der Waals surface area contributed by atoms with Crippen molar-refractivity contribution in [1.82, 2.24) is 4.90 Å². The Morgan fingerprint density at radius 2 is 1.43 bits per heavy atom. The lowest BCUT2D eigenvalue weighted by Gasteiger charge is -2.36. The van der Waals surface area contributed by atoms with Crippen LogP contribution in [0.1, 0.15) is 16.8 Å². The van der Waals surface area contributed by atoms with Gasteiger partial charge >= 0.3 is 0 Å². The molecule has 0 spiro atoms. The number of anilines is 1. The third-order valence-electron chi connectivity index (χ3n) is 5.78. The summed E-state index contributed by atoms with van der Waals surface area (Å²) in [6.07, 6.45) is 0.563. The number of piperazine rings is 1. The first-order valence-electron chi connectivity index (χ1n) is 10.5. The molecule has 1 aliphatic heterocycles. The van der Waals surface area contributed by atoms with Crippen LogP contribution in [-0.2, 0) is 0 Å². The number of Topliss-reactive ketones (excluding diaryl/α,β-unsaturated/α-hetero) is 1. The summed E-state index contributed by atoms with van der Waals surface area (Å²) in [6.45, 7) is 4.73. The summed E-state index contributed by atoms with van der Waals surface area (Å²) in [5.41, 5.74) is 4.34. The fraction of sp³-hybridized carbons (Fsp3) is 0.269. The molecule has 0 N–H and O–H groups in total. The van der Waals surface area contributed by atoms with E-state index in [2.05, 4.69) is 34.1 Å². The zero-order valence-corrected chi connectivity index (χ0v) is 17.5. The lowest BCUT2D eigenvalue weighted by Crippen LogP contribution is -2.46. The first-order valence-corrected chi connectivity index (χ1v) is 10.5. The van der Waals surface area contributed by atoms with Crippen molar-refractivity contribution >= 4 is 11.5 Å². The molecule has 1 aliphatic rings. The fourth-order valence-electron chi connectivity index (χ4n) is 3.91. The molecule has 0 aromatic heterocycles. The molecule has 3 aromatic carbocycles. The fourth-order valence-corrected chi connectivity index (χ4v) is 3.91. The van der Waals surface area contributed by atoms with E-state index in [-0.39, 0.29) is 5.78 Å².